The van der Waals surface area contributed by atoms with Crippen molar-refractivity contribution in [2.24, 2.45) is 0 Å². The average Bonchev–Trinajstić information content (AvgIpc) is 3.12. The second-order valence-corrected chi connectivity index (χ2v) is 7.21. The molecule has 0 amide bonds. The first kappa shape index (κ1) is 20.0. The van der Waals surface area contributed by atoms with Crippen LogP contribution in [-0.4, -0.2) is 25.9 Å². The number of fused-ring (bicyclic) bond motifs is 1. The molecule has 0 fully saturated rings. The highest BCUT2D eigenvalue weighted by molar-refractivity contribution is 5.71. The van der Waals surface area contributed by atoms with E-state index in [-0.39, 0.29) is 12.4 Å². The van der Waals surface area contributed by atoms with Crippen molar-refractivity contribution < 1.29 is 19.0 Å². The van der Waals surface area contributed by atoms with E-state index in [1.807, 2.05) is 24.3 Å². The van der Waals surface area contributed by atoms with Gasteiger partial charge in [-0.05, 0) is 41.3 Å². The largest absolute Gasteiger partial charge is 0.497 e. The smallest absolute Gasteiger partial charge is 0.142 e. The molecule has 1 unspecified atom stereocenters. The highest BCUT2D eigenvalue weighted by Crippen LogP contribution is 2.43. The van der Waals surface area contributed by atoms with Crippen molar-refractivity contribution in [2.45, 2.75) is 12.1 Å². The van der Waals surface area contributed by atoms with Crippen LogP contribution in [0.1, 0.15) is 16.7 Å². The number of anilines is 2. The Kier molecular flexibility index (Phi) is 5.50. The molecule has 0 aromatic heterocycles. The summed E-state index contributed by atoms with van der Waals surface area (Å²) in [6.45, 7) is 0.0944. The molecular formula is C24H24FN2O3. The minimum atomic E-state index is -0.800. The molecule has 6 heteroatoms. The van der Waals surface area contributed by atoms with Crippen LogP contribution in [0.15, 0.2) is 60.7 Å². The van der Waals surface area contributed by atoms with E-state index >= 15 is 0 Å². The zero-order valence-corrected chi connectivity index (χ0v) is 16.9. The van der Waals surface area contributed by atoms with Crippen LogP contribution >= 0.6 is 0 Å². The second-order valence-electron chi connectivity index (χ2n) is 7.21. The fourth-order valence-corrected chi connectivity index (χ4v) is 3.73. The number of aliphatic hydroxyl groups is 1. The predicted octanol–water partition coefficient (Wildman–Crippen LogP) is 4.32. The van der Waals surface area contributed by atoms with Gasteiger partial charge in [-0.25, -0.2) is 4.39 Å². The molecule has 1 radical (unpaired) electrons. The highest BCUT2D eigenvalue weighted by Gasteiger charge is 2.39. The monoisotopic (exact) mass is 407 g/mol. The van der Waals surface area contributed by atoms with Gasteiger partial charge in [0.15, 0.2) is 0 Å². The van der Waals surface area contributed by atoms with Crippen molar-refractivity contribution in [2.75, 3.05) is 31.5 Å². The Bertz CT molecular complexity index is 1020. The van der Waals surface area contributed by atoms with Gasteiger partial charge in [0.05, 0.1) is 14.2 Å². The molecule has 1 heterocycles. The average molecular weight is 407 g/mol. The van der Waals surface area contributed by atoms with Crippen molar-refractivity contribution in [1.29, 1.82) is 0 Å². The van der Waals surface area contributed by atoms with E-state index in [4.69, 9.17) is 9.47 Å². The van der Waals surface area contributed by atoms with Gasteiger partial charge >= 0.3 is 0 Å². The van der Waals surface area contributed by atoms with Gasteiger partial charge in [0.1, 0.15) is 23.0 Å². The lowest BCUT2D eigenvalue weighted by Gasteiger charge is -2.33. The summed E-state index contributed by atoms with van der Waals surface area (Å²) in [5.41, 5.74) is 3.84. The molecule has 0 bridgehead atoms. The Morgan fingerprint density at radius 2 is 1.67 bits per heavy atom. The molecule has 5 nitrogen and oxygen atoms in total. The molecule has 1 atom stereocenters. The maximum absolute atomic E-state index is 13.6. The lowest BCUT2D eigenvalue weighted by atomic mass is 9.94. The third-order valence-corrected chi connectivity index (χ3v) is 5.21. The molecule has 1 aliphatic rings. The highest BCUT2D eigenvalue weighted by atomic mass is 19.1. The van der Waals surface area contributed by atoms with Gasteiger partial charge < -0.3 is 25.2 Å². The van der Waals surface area contributed by atoms with Crippen molar-refractivity contribution in [3.63, 3.8) is 0 Å². The first-order valence-electron chi connectivity index (χ1n) is 9.70. The van der Waals surface area contributed by atoms with Crippen LogP contribution in [0.25, 0.3) is 0 Å². The Labute approximate surface area is 175 Å². The number of hydrogen-bond donors (Lipinski definition) is 3. The fraction of sp³-hybridized carbons (Fsp3) is 0.208. The van der Waals surface area contributed by atoms with Crippen molar-refractivity contribution in [1.82, 2.24) is 0 Å². The molecule has 0 saturated carbocycles. The quantitative estimate of drug-likeness (QED) is 0.545. The lowest BCUT2D eigenvalue weighted by molar-refractivity contribution is 0.299. The van der Waals surface area contributed by atoms with Gasteiger partial charge in [0.25, 0.3) is 0 Å². The van der Waals surface area contributed by atoms with Crippen molar-refractivity contribution in [3.8, 4) is 11.5 Å². The molecule has 0 saturated heterocycles. The summed E-state index contributed by atoms with van der Waals surface area (Å²) in [6.07, 6.45) is 2.66. The van der Waals surface area contributed by atoms with Gasteiger partial charge in [0, 0.05) is 42.6 Å². The van der Waals surface area contributed by atoms with Crippen LogP contribution < -0.4 is 20.1 Å². The Balaban J connectivity index is 1.75. The summed E-state index contributed by atoms with van der Waals surface area (Å²) in [5, 5.41) is 16.4. The van der Waals surface area contributed by atoms with E-state index in [2.05, 4.69) is 23.1 Å². The molecule has 3 N–H and O–H groups in total. The predicted molar refractivity (Wildman–Crippen MR) is 116 cm³/mol. The molecule has 0 spiro atoms. The summed E-state index contributed by atoms with van der Waals surface area (Å²) < 4.78 is 24.4. The molecule has 1 aliphatic heterocycles. The molecule has 4 rings (SSSR count). The third-order valence-electron chi connectivity index (χ3n) is 5.21. The lowest BCUT2D eigenvalue weighted by Crippen LogP contribution is -2.40. The number of rotatable bonds is 7. The summed E-state index contributed by atoms with van der Waals surface area (Å²) in [6, 6.07) is 18.0. The van der Waals surface area contributed by atoms with Crippen molar-refractivity contribution >= 4 is 11.4 Å². The molecule has 155 valence electrons. The van der Waals surface area contributed by atoms with Gasteiger partial charge in [-0.15, -0.1) is 0 Å². The van der Waals surface area contributed by atoms with Crippen LogP contribution in [0, 0.1) is 12.2 Å². The van der Waals surface area contributed by atoms with Gasteiger partial charge in [-0.2, -0.15) is 0 Å². The summed E-state index contributed by atoms with van der Waals surface area (Å²) in [4.78, 5) is 0. The molecule has 3 aromatic rings. The van der Waals surface area contributed by atoms with E-state index < -0.39 is 5.66 Å². The van der Waals surface area contributed by atoms with Crippen LogP contribution in [0.3, 0.4) is 0 Å². The maximum Gasteiger partial charge on any atom is 0.142 e. The van der Waals surface area contributed by atoms with Gasteiger partial charge in [-0.3, -0.25) is 0 Å². The van der Waals surface area contributed by atoms with E-state index in [1.54, 1.807) is 32.4 Å². The van der Waals surface area contributed by atoms with Gasteiger partial charge in [-0.1, -0.05) is 24.3 Å². The van der Waals surface area contributed by atoms with Crippen molar-refractivity contribution in [3.05, 3.63) is 89.6 Å². The van der Waals surface area contributed by atoms with E-state index in [9.17, 15) is 9.50 Å². The topological polar surface area (TPSA) is 62.8 Å². The zero-order valence-electron chi connectivity index (χ0n) is 16.9. The summed E-state index contributed by atoms with van der Waals surface area (Å²) >= 11 is 0. The second kappa shape index (κ2) is 8.24. The Morgan fingerprint density at radius 3 is 2.30 bits per heavy atom. The fourth-order valence-electron chi connectivity index (χ4n) is 3.73. The molecule has 3 aromatic carbocycles. The number of aliphatic hydroxyl groups excluding tert-OH is 1. The van der Waals surface area contributed by atoms with E-state index in [0.717, 1.165) is 28.1 Å². The van der Waals surface area contributed by atoms with E-state index in [0.29, 0.717) is 17.9 Å². The standard InChI is InChI=1S/C24H24FN2O3/c1-29-21-12-20(13-22(14-21)30-2)26-24(18-4-6-19(25)7-5-18)15-17-11-16(9-10-28)3-8-23(17)27-24/h3-8,11-15,26-28H,9-10H2,1-2H3. The minimum Gasteiger partial charge on any atom is -0.497 e. The van der Waals surface area contributed by atoms with Crippen LogP contribution in [0.5, 0.6) is 11.5 Å². The SMILES string of the molecule is COc1cc(NC2(c3ccc(F)cc3)[CH]c3cc(CCO)ccc3N2)cc(OC)c1. The third kappa shape index (κ3) is 3.91. The summed E-state index contributed by atoms with van der Waals surface area (Å²) in [7, 11) is 3.21. The summed E-state index contributed by atoms with van der Waals surface area (Å²) in [5.74, 6) is 1.02. The minimum absolute atomic E-state index is 0.0944. The molecular weight excluding hydrogens is 383 g/mol. The maximum atomic E-state index is 13.6. The normalized spacial score (nSPS) is 17.2. The number of hydrogen-bond acceptors (Lipinski definition) is 5. The van der Waals surface area contributed by atoms with E-state index in [1.165, 1.54) is 12.1 Å². The van der Waals surface area contributed by atoms with Gasteiger partial charge in [0.2, 0.25) is 0 Å². The number of benzene rings is 3. The number of nitrogens with one attached hydrogen (secondary N) is 2. The van der Waals surface area contributed by atoms with Crippen LogP contribution in [0.2, 0.25) is 0 Å². The first-order valence-corrected chi connectivity index (χ1v) is 9.70. The molecule has 30 heavy (non-hydrogen) atoms. The Hall–Kier alpha value is -3.25. The zero-order chi connectivity index (χ0) is 21.1. The van der Waals surface area contributed by atoms with Crippen LogP contribution in [-0.2, 0) is 12.1 Å². The van der Waals surface area contributed by atoms with Crippen LogP contribution in [0.4, 0.5) is 15.8 Å². The molecule has 0 aliphatic carbocycles. The number of halogens is 1. The number of ether oxygens (including phenoxy) is 2. The Morgan fingerprint density at radius 1 is 0.967 bits per heavy atom. The first-order chi connectivity index (χ1) is 14.5. The number of methoxy groups -OCH3 is 2.